The van der Waals surface area contributed by atoms with Crippen molar-refractivity contribution in [3.8, 4) is 5.75 Å². The summed E-state index contributed by atoms with van der Waals surface area (Å²) in [7, 11) is 1.80. The van der Waals surface area contributed by atoms with E-state index in [9.17, 15) is 24.3 Å². The van der Waals surface area contributed by atoms with Crippen molar-refractivity contribution in [1.82, 2.24) is 24.5 Å². The Hall–Kier alpha value is -4.30. The van der Waals surface area contributed by atoms with Gasteiger partial charge in [-0.1, -0.05) is 30.3 Å². The molecule has 4 aliphatic heterocycles. The number of phenolic OH excluding ortho intramolecular Hbond substituents is 1. The normalized spacial score (nSPS) is 20.5. The number of fused-ring (bicyclic) bond motifs is 1. The van der Waals surface area contributed by atoms with E-state index in [2.05, 4.69) is 15.1 Å². The summed E-state index contributed by atoms with van der Waals surface area (Å²) < 4.78 is 6.02. The maximum Gasteiger partial charge on any atom is 0.410 e. The van der Waals surface area contributed by atoms with Gasteiger partial charge in [-0.15, -0.1) is 0 Å². The van der Waals surface area contributed by atoms with Crippen LogP contribution in [0.3, 0.4) is 0 Å². The van der Waals surface area contributed by atoms with E-state index in [0.717, 1.165) is 62.3 Å². The molecule has 3 saturated heterocycles. The second-order valence-electron chi connectivity index (χ2n) is 14.0. The van der Waals surface area contributed by atoms with E-state index < -0.39 is 18.2 Å². The maximum absolute atomic E-state index is 14.0. The molecule has 3 fully saturated rings. The number of aliphatic carboxylic acids is 1. The third kappa shape index (κ3) is 8.70. The first-order chi connectivity index (χ1) is 24.1. The Balaban J connectivity index is 1.04. The fourth-order valence-corrected chi connectivity index (χ4v) is 7.81. The topological polar surface area (TPSA) is 146 Å². The van der Waals surface area contributed by atoms with Gasteiger partial charge < -0.3 is 39.9 Å². The number of phenols is 1. The van der Waals surface area contributed by atoms with Crippen LogP contribution in [0.1, 0.15) is 43.2 Å². The summed E-state index contributed by atoms with van der Waals surface area (Å²) in [5.74, 6) is -0.821. The predicted octanol–water partition coefficient (Wildman–Crippen LogP) is 1.34. The highest BCUT2D eigenvalue weighted by Crippen LogP contribution is 2.26. The van der Waals surface area contributed by atoms with Gasteiger partial charge in [0.15, 0.2) is 6.10 Å². The molecule has 0 spiro atoms. The number of hydrogen-bond donors (Lipinski definition) is 3. The van der Waals surface area contributed by atoms with Crippen LogP contribution in [0.5, 0.6) is 5.75 Å². The van der Waals surface area contributed by atoms with E-state index in [4.69, 9.17) is 9.84 Å². The Morgan fingerprint density at radius 3 is 2.28 bits per heavy atom. The van der Waals surface area contributed by atoms with Crippen molar-refractivity contribution in [1.29, 1.82) is 0 Å². The average Bonchev–Trinajstić information content (AvgIpc) is 3.30. The van der Waals surface area contributed by atoms with Gasteiger partial charge in [0.1, 0.15) is 13.6 Å². The Morgan fingerprint density at radius 1 is 0.880 bits per heavy atom. The Morgan fingerprint density at radius 2 is 1.58 bits per heavy atom. The quantitative estimate of drug-likeness (QED) is 0.333. The molecule has 2 aromatic carbocycles. The van der Waals surface area contributed by atoms with Crippen molar-refractivity contribution in [3.63, 3.8) is 0 Å². The van der Waals surface area contributed by atoms with Gasteiger partial charge in [-0.25, -0.2) is 9.59 Å². The molecule has 4 aliphatic rings. The minimum absolute atomic E-state index is 0.000891. The zero-order chi connectivity index (χ0) is 35.2. The van der Waals surface area contributed by atoms with Crippen LogP contribution >= 0.6 is 0 Å². The number of piperazine rings is 1. The number of benzene rings is 2. The minimum atomic E-state index is -1.01. The number of carbonyl (C=O) groups excluding carboxylic acids is 3. The van der Waals surface area contributed by atoms with Gasteiger partial charge in [0.05, 0.1) is 6.42 Å². The van der Waals surface area contributed by atoms with Crippen LogP contribution in [0.4, 0.5) is 15.3 Å². The van der Waals surface area contributed by atoms with Crippen molar-refractivity contribution in [2.45, 2.75) is 63.1 Å². The number of piperidine rings is 2. The maximum atomic E-state index is 14.0. The summed E-state index contributed by atoms with van der Waals surface area (Å²) in [5.41, 5.74) is 3.44. The van der Waals surface area contributed by atoms with Crippen molar-refractivity contribution in [2.75, 3.05) is 70.8 Å². The van der Waals surface area contributed by atoms with E-state index in [-0.39, 0.29) is 36.6 Å². The fourth-order valence-electron chi connectivity index (χ4n) is 7.81. The number of carboxylic acids is 1. The summed E-state index contributed by atoms with van der Waals surface area (Å²) in [6, 6.07) is 13.3. The predicted molar refractivity (Wildman–Crippen MR) is 191 cm³/mol. The molecule has 0 unspecified atom stereocenters. The SMILES string of the molecule is Bc1cc(C[C@@H](OC(=O)N2CCC(N3CCc4ccccc4NC3=O)CC2)C(=O)N2CCN(C3CCN(CCC(=O)O)CC3)CC2)ccc1O. The first kappa shape index (κ1) is 35.5. The second kappa shape index (κ2) is 16.2. The molecule has 268 valence electrons. The molecular weight excluding hydrogens is 639 g/mol. The highest BCUT2D eigenvalue weighted by atomic mass is 16.6. The molecule has 3 N–H and O–H groups in total. The number of carbonyl (C=O) groups is 4. The number of hydrogen-bond acceptors (Lipinski definition) is 8. The molecule has 4 amide bonds. The highest BCUT2D eigenvalue weighted by Gasteiger charge is 2.36. The van der Waals surface area contributed by atoms with E-state index in [1.54, 1.807) is 29.8 Å². The number of urea groups is 1. The number of likely N-dealkylation sites (tertiary alicyclic amines) is 2. The first-order valence-electron chi connectivity index (χ1n) is 18.0. The van der Waals surface area contributed by atoms with E-state index in [0.29, 0.717) is 63.6 Å². The van der Waals surface area contributed by atoms with Crippen molar-refractivity contribution in [3.05, 3.63) is 53.6 Å². The Bertz CT molecular complexity index is 1540. The average molecular weight is 689 g/mol. The van der Waals surface area contributed by atoms with Gasteiger partial charge in [-0.05, 0) is 73.9 Å². The van der Waals surface area contributed by atoms with Crippen LogP contribution in [0.15, 0.2) is 42.5 Å². The van der Waals surface area contributed by atoms with Crippen molar-refractivity contribution < 1.29 is 34.1 Å². The largest absolute Gasteiger partial charge is 0.509 e. The summed E-state index contributed by atoms with van der Waals surface area (Å²) in [6.07, 6.45) is 2.77. The molecular formula is C36H49BN6O7. The summed E-state index contributed by atoms with van der Waals surface area (Å²) in [4.78, 5) is 61.6. The molecule has 0 saturated carbocycles. The lowest BCUT2D eigenvalue weighted by Crippen LogP contribution is -2.56. The smallest absolute Gasteiger partial charge is 0.410 e. The summed E-state index contributed by atoms with van der Waals surface area (Å²) in [6.45, 7) is 6.31. The first-order valence-corrected chi connectivity index (χ1v) is 18.0. The van der Waals surface area contributed by atoms with Crippen LogP contribution in [-0.2, 0) is 27.2 Å². The van der Waals surface area contributed by atoms with Crippen LogP contribution in [0.25, 0.3) is 0 Å². The number of nitrogens with zero attached hydrogens (tertiary/aromatic N) is 5. The molecule has 50 heavy (non-hydrogen) atoms. The van der Waals surface area contributed by atoms with Gasteiger partial charge in [0, 0.05) is 76.5 Å². The van der Waals surface area contributed by atoms with E-state index in [1.165, 1.54) is 0 Å². The van der Waals surface area contributed by atoms with Gasteiger partial charge in [-0.3, -0.25) is 14.5 Å². The summed E-state index contributed by atoms with van der Waals surface area (Å²) >= 11 is 0. The number of ether oxygens (including phenoxy) is 1. The number of carboxylic acid groups (broad SMARTS) is 1. The van der Waals surface area contributed by atoms with Gasteiger partial charge in [0.2, 0.25) is 0 Å². The van der Waals surface area contributed by atoms with Gasteiger partial charge in [-0.2, -0.15) is 0 Å². The van der Waals surface area contributed by atoms with Crippen LogP contribution in [0, 0.1) is 0 Å². The summed E-state index contributed by atoms with van der Waals surface area (Å²) in [5, 5.41) is 22.1. The van der Waals surface area contributed by atoms with Gasteiger partial charge >= 0.3 is 18.1 Å². The lowest BCUT2D eigenvalue weighted by Gasteiger charge is -2.43. The Labute approximate surface area is 294 Å². The molecule has 13 nitrogen and oxygen atoms in total. The molecule has 0 aromatic heterocycles. The molecule has 14 heteroatoms. The van der Waals surface area contributed by atoms with Crippen molar-refractivity contribution >= 4 is 43.0 Å². The molecule has 6 rings (SSSR count). The standard InChI is InChI=1S/C36H49BN6O7/c37-29-23-25(5-6-31(29)44)24-32(34(47)41-21-19-40(20-22-41)27-8-13-39(14-9-27)15-12-33(45)46)50-36(49)42-16-10-28(11-17-42)43-18-7-26-3-1-2-4-30(26)38-35(43)48/h1-6,23,27-28,32,44H,7-22,24,37H2,(H,38,48)(H,45,46)/t32-/m1/s1. The molecule has 1 atom stereocenters. The van der Waals surface area contributed by atoms with Crippen LogP contribution in [0.2, 0.25) is 0 Å². The van der Waals surface area contributed by atoms with Crippen LogP contribution < -0.4 is 10.8 Å². The fraction of sp³-hybridized carbons (Fsp3) is 0.556. The molecule has 0 bridgehead atoms. The lowest BCUT2D eigenvalue weighted by atomic mass is 9.91. The van der Waals surface area contributed by atoms with Crippen molar-refractivity contribution in [2.24, 2.45) is 0 Å². The van der Waals surface area contributed by atoms with Gasteiger partial charge in [0.25, 0.3) is 5.91 Å². The zero-order valence-corrected chi connectivity index (χ0v) is 29.0. The lowest BCUT2D eigenvalue weighted by molar-refractivity contribution is -0.143. The molecule has 4 heterocycles. The van der Waals surface area contributed by atoms with Crippen LogP contribution in [-0.4, -0.2) is 150 Å². The molecule has 2 aromatic rings. The zero-order valence-electron chi connectivity index (χ0n) is 29.0. The third-order valence-corrected chi connectivity index (χ3v) is 10.8. The molecule has 0 aliphatic carbocycles. The number of anilines is 1. The highest BCUT2D eigenvalue weighted by molar-refractivity contribution is 6.34. The second-order valence-corrected chi connectivity index (χ2v) is 14.0. The number of aromatic hydroxyl groups is 1. The van der Waals surface area contributed by atoms with E-state index in [1.807, 2.05) is 35.2 Å². The number of rotatable bonds is 9. The van der Waals surface area contributed by atoms with E-state index >= 15 is 0 Å². The number of nitrogens with one attached hydrogen (secondary N) is 1. The third-order valence-electron chi connectivity index (χ3n) is 10.8. The monoisotopic (exact) mass is 688 g/mol. The minimum Gasteiger partial charge on any atom is -0.509 e. The number of para-hydroxylation sites is 1. The Kier molecular flexibility index (Phi) is 11.5. The molecule has 0 radical (unpaired) electrons. The number of amides is 4.